The Morgan fingerprint density at radius 1 is 0.513 bits per heavy atom. The number of allylic oxidation sites excluding steroid dienone is 2. The van der Waals surface area contributed by atoms with Crippen molar-refractivity contribution in [2.24, 2.45) is 0 Å². The van der Waals surface area contributed by atoms with Gasteiger partial charge in [0.1, 0.15) is 0 Å². The summed E-state index contributed by atoms with van der Waals surface area (Å²) in [6.07, 6.45) is 24.0. The minimum absolute atomic E-state index is 0.192. The van der Waals surface area contributed by atoms with Crippen molar-refractivity contribution in [1.29, 1.82) is 0 Å². The van der Waals surface area contributed by atoms with Crippen LogP contribution in [0.5, 0.6) is 0 Å². The first-order chi connectivity index (χ1) is 18.7. The van der Waals surface area contributed by atoms with Crippen LogP contribution in [-0.2, 0) is 14.4 Å². The van der Waals surface area contributed by atoms with Gasteiger partial charge in [0.25, 0.3) is 0 Å². The van der Waals surface area contributed by atoms with Gasteiger partial charge in [-0.1, -0.05) is 104 Å². The van der Waals surface area contributed by atoms with E-state index in [1.807, 2.05) is 0 Å². The molecule has 0 spiro atoms. The summed E-state index contributed by atoms with van der Waals surface area (Å²) in [5, 5.41) is 30.0. The van der Waals surface area contributed by atoms with Gasteiger partial charge >= 0.3 is 17.9 Å². The van der Waals surface area contributed by atoms with Crippen molar-refractivity contribution < 1.29 is 34.2 Å². The van der Waals surface area contributed by atoms with Gasteiger partial charge < -0.3 is 15.3 Å². The van der Waals surface area contributed by atoms with E-state index in [2.05, 4.69) is 19.1 Å². The van der Waals surface area contributed by atoms with E-state index in [-0.39, 0.29) is 25.8 Å². The molecule has 0 radical (unpaired) electrons. The number of nitrogens with zero attached hydrogens (tertiary/aromatic N) is 1. The van der Waals surface area contributed by atoms with Gasteiger partial charge in [-0.2, -0.15) is 0 Å². The molecule has 0 saturated heterocycles. The maximum atomic E-state index is 12.2. The van der Waals surface area contributed by atoms with Gasteiger partial charge in [0.15, 0.2) is 18.1 Å². The molecular weight excluding hydrogens is 494 g/mol. The Hall–Kier alpha value is -1.89. The van der Waals surface area contributed by atoms with Crippen molar-refractivity contribution in [3.05, 3.63) is 12.2 Å². The average molecular weight is 555 g/mol. The van der Waals surface area contributed by atoms with E-state index in [0.717, 1.165) is 19.3 Å². The minimum atomic E-state index is -1.12. The van der Waals surface area contributed by atoms with E-state index in [4.69, 9.17) is 0 Å². The minimum Gasteiger partial charge on any atom is -0.477 e. The van der Waals surface area contributed by atoms with Crippen molar-refractivity contribution in [2.45, 2.75) is 168 Å². The van der Waals surface area contributed by atoms with E-state index >= 15 is 0 Å². The van der Waals surface area contributed by atoms with Crippen LogP contribution in [0, 0.1) is 0 Å². The monoisotopic (exact) mass is 554 g/mol. The second-order valence-corrected chi connectivity index (χ2v) is 11.2. The van der Waals surface area contributed by atoms with Gasteiger partial charge in [-0.05, 0) is 38.5 Å². The topological polar surface area (TPSA) is 112 Å². The normalized spacial score (nSPS) is 15.6. The van der Waals surface area contributed by atoms with Crippen molar-refractivity contribution in [2.75, 3.05) is 6.54 Å². The highest BCUT2D eigenvalue weighted by molar-refractivity contribution is 5.78. The first-order valence-corrected chi connectivity index (χ1v) is 15.9. The van der Waals surface area contributed by atoms with Crippen LogP contribution in [0.3, 0.4) is 0 Å². The Morgan fingerprint density at radius 2 is 0.821 bits per heavy atom. The van der Waals surface area contributed by atoms with E-state index in [9.17, 15) is 29.7 Å². The fourth-order valence-electron chi connectivity index (χ4n) is 6.27. The van der Waals surface area contributed by atoms with Crippen molar-refractivity contribution in [3.63, 3.8) is 0 Å². The van der Waals surface area contributed by atoms with E-state index < -0.39 is 40.5 Å². The van der Waals surface area contributed by atoms with Crippen LogP contribution in [0.25, 0.3) is 0 Å². The molecule has 0 bridgehead atoms. The highest BCUT2D eigenvalue weighted by Crippen LogP contribution is 2.32. The maximum Gasteiger partial charge on any atom is 0.362 e. The van der Waals surface area contributed by atoms with Crippen LogP contribution in [-0.4, -0.2) is 62.4 Å². The molecule has 3 N–H and O–H groups in total. The molecule has 7 nitrogen and oxygen atoms in total. The largest absolute Gasteiger partial charge is 0.477 e. The smallest absolute Gasteiger partial charge is 0.362 e. The molecule has 0 aliphatic heterocycles. The summed E-state index contributed by atoms with van der Waals surface area (Å²) in [6.45, 7) is 7.63. The molecule has 0 aliphatic carbocycles. The van der Waals surface area contributed by atoms with Crippen LogP contribution in [0.15, 0.2) is 12.2 Å². The number of quaternary nitrogens is 1. The Bertz CT molecular complexity index is 637. The number of carbonyl (C=O) groups is 3. The summed E-state index contributed by atoms with van der Waals surface area (Å²) < 4.78 is -0.406. The molecule has 7 heteroatoms. The summed E-state index contributed by atoms with van der Waals surface area (Å²) >= 11 is 0. The molecule has 0 heterocycles. The number of unbranched alkanes of at least 4 members (excludes halogenated alkanes) is 14. The summed E-state index contributed by atoms with van der Waals surface area (Å²) in [5.41, 5.74) is 0. The third-order valence-electron chi connectivity index (χ3n) is 8.31. The predicted molar refractivity (Wildman–Crippen MR) is 159 cm³/mol. The van der Waals surface area contributed by atoms with Gasteiger partial charge in [-0.15, -0.1) is 0 Å². The Morgan fingerprint density at radius 3 is 1.13 bits per heavy atom. The molecule has 39 heavy (non-hydrogen) atoms. The van der Waals surface area contributed by atoms with E-state index in [0.29, 0.717) is 6.42 Å². The van der Waals surface area contributed by atoms with Gasteiger partial charge in [-0.3, -0.25) is 4.48 Å². The van der Waals surface area contributed by atoms with E-state index in [1.165, 1.54) is 77.0 Å². The second-order valence-electron chi connectivity index (χ2n) is 11.2. The number of hydrogen-bond acceptors (Lipinski definition) is 3. The summed E-state index contributed by atoms with van der Waals surface area (Å²) in [6, 6.07) is -3.19. The molecular formula is C32H60NO6+. The lowest BCUT2D eigenvalue weighted by molar-refractivity contribution is -0.973. The lowest BCUT2D eigenvalue weighted by Gasteiger charge is -2.49. The predicted octanol–water partition coefficient (Wildman–Crippen LogP) is 8.21. The van der Waals surface area contributed by atoms with Gasteiger partial charge in [0, 0.05) is 19.3 Å². The zero-order valence-corrected chi connectivity index (χ0v) is 25.5. The highest BCUT2D eigenvalue weighted by Gasteiger charge is 2.55. The van der Waals surface area contributed by atoms with Crippen molar-refractivity contribution in [3.8, 4) is 0 Å². The lowest BCUT2D eigenvalue weighted by Crippen LogP contribution is -2.72. The SMILES string of the molecule is CCCCCCC/C=C/CCCCCCCCCCC[N+](C(CC)C(=O)O)(C(CC)C(=O)O)C(CC)C(=O)O. The third-order valence-corrected chi connectivity index (χ3v) is 8.31. The van der Waals surface area contributed by atoms with Crippen LogP contribution < -0.4 is 0 Å². The summed E-state index contributed by atoms with van der Waals surface area (Å²) in [5.74, 6) is -3.35. The summed E-state index contributed by atoms with van der Waals surface area (Å²) in [4.78, 5) is 36.7. The number of carboxylic acids is 3. The first-order valence-electron chi connectivity index (χ1n) is 15.9. The number of rotatable bonds is 27. The number of carboxylic acid groups (broad SMARTS) is 3. The van der Waals surface area contributed by atoms with Crippen LogP contribution in [0.4, 0.5) is 0 Å². The van der Waals surface area contributed by atoms with Crippen LogP contribution in [0.1, 0.15) is 150 Å². The molecule has 3 atom stereocenters. The average Bonchev–Trinajstić information content (AvgIpc) is 2.88. The zero-order chi connectivity index (χ0) is 29.5. The van der Waals surface area contributed by atoms with Crippen molar-refractivity contribution in [1.82, 2.24) is 0 Å². The standard InChI is InChI=1S/C32H59NO6/c1-5-9-10-11-12-13-14-15-16-17-18-19-20-21-22-23-24-25-26-33(27(6-2)30(34)35,28(7-3)31(36)37)29(8-4)32(38)39/h14-15,27-29H,5-13,16-26H2,1-4H3,(H2-,34,35,36,37,38,39)/p+1/b15-14+. The molecule has 0 aromatic carbocycles. The van der Waals surface area contributed by atoms with Gasteiger partial charge in [0.05, 0.1) is 6.54 Å². The molecule has 0 saturated carbocycles. The zero-order valence-electron chi connectivity index (χ0n) is 25.5. The molecule has 0 aromatic heterocycles. The fraction of sp³-hybridized carbons (Fsp3) is 0.844. The fourth-order valence-corrected chi connectivity index (χ4v) is 6.27. The molecule has 0 fully saturated rings. The first kappa shape index (κ1) is 37.1. The van der Waals surface area contributed by atoms with Gasteiger partial charge in [0.2, 0.25) is 0 Å². The molecule has 0 aliphatic rings. The molecule has 0 aromatic rings. The Labute approximate surface area is 238 Å². The van der Waals surface area contributed by atoms with E-state index in [1.54, 1.807) is 20.8 Å². The molecule has 228 valence electrons. The maximum absolute atomic E-state index is 12.2. The second kappa shape index (κ2) is 22.9. The molecule has 0 rings (SSSR count). The summed E-state index contributed by atoms with van der Waals surface area (Å²) in [7, 11) is 0. The Kier molecular flexibility index (Phi) is 21.8. The molecule has 3 unspecified atom stereocenters. The quantitative estimate of drug-likeness (QED) is 0.0536. The van der Waals surface area contributed by atoms with Gasteiger partial charge in [-0.25, -0.2) is 14.4 Å². The van der Waals surface area contributed by atoms with Crippen LogP contribution in [0.2, 0.25) is 0 Å². The Balaban J connectivity index is 4.59. The third kappa shape index (κ3) is 13.8. The van der Waals surface area contributed by atoms with Crippen molar-refractivity contribution >= 4 is 17.9 Å². The van der Waals surface area contributed by atoms with Crippen LogP contribution >= 0.6 is 0 Å². The number of hydrogen-bond donors (Lipinski definition) is 3. The number of aliphatic carboxylic acids is 3. The molecule has 0 amide bonds. The highest BCUT2D eigenvalue weighted by atomic mass is 16.4. The lowest BCUT2D eigenvalue weighted by atomic mass is 9.93.